The zero-order valence-corrected chi connectivity index (χ0v) is 11.3. The van der Waals surface area contributed by atoms with Gasteiger partial charge in [-0.3, -0.25) is 4.79 Å². The molecule has 0 bridgehead atoms. The molecule has 1 atom stereocenters. The van der Waals surface area contributed by atoms with E-state index in [1.165, 1.54) is 0 Å². The number of carbonyl (C=O) groups is 1. The molecule has 1 aromatic rings. The molecular formula is C12H19N3OS. The van der Waals surface area contributed by atoms with Gasteiger partial charge in [0, 0.05) is 13.1 Å². The highest BCUT2D eigenvalue weighted by Gasteiger charge is 2.10. The lowest BCUT2D eigenvalue weighted by Gasteiger charge is -2.13. The number of carbonyl (C=O) groups excluding carboxylic acids is 1. The van der Waals surface area contributed by atoms with Crippen LogP contribution in [0.2, 0.25) is 0 Å². The van der Waals surface area contributed by atoms with Crippen molar-refractivity contribution >= 4 is 23.5 Å². The molecule has 0 saturated carbocycles. The van der Waals surface area contributed by atoms with E-state index in [0.29, 0.717) is 11.5 Å². The normalized spacial score (nSPS) is 11.9. The molecule has 5 heteroatoms. The van der Waals surface area contributed by atoms with Crippen LogP contribution in [0.5, 0.6) is 0 Å². The highest BCUT2D eigenvalue weighted by molar-refractivity contribution is 7.98. The fourth-order valence-corrected chi connectivity index (χ4v) is 1.95. The van der Waals surface area contributed by atoms with Gasteiger partial charge in [-0.1, -0.05) is 6.07 Å². The Bertz CT molecular complexity index is 371. The van der Waals surface area contributed by atoms with Gasteiger partial charge in [0.1, 0.15) is 11.5 Å². The zero-order valence-electron chi connectivity index (χ0n) is 10.5. The first-order valence-corrected chi connectivity index (χ1v) is 7.01. The van der Waals surface area contributed by atoms with Crippen molar-refractivity contribution in [2.75, 3.05) is 24.4 Å². The van der Waals surface area contributed by atoms with E-state index in [0.717, 1.165) is 12.2 Å². The van der Waals surface area contributed by atoms with E-state index in [1.54, 1.807) is 24.9 Å². The Morgan fingerprint density at radius 1 is 1.53 bits per heavy atom. The predicted molar refractivity (Wildman–Crippen MR) is 73.7 cm³/mol. The summed E-state index contributed by atoms with van der Waals surface area (Å²) in [5.41, 5.74) is 0.452. The minimum atomic E-state index is -0.115. The van der Waals surface area contributed by atoms with E-state index in [9.17, 15) is 4.79 Å². The summed E-state index contributed by atoms with van der Waals surface area (Å²) in [5.74, 6) is 1.64. The molecule has 0 aromatic carbocycles. The van der Waals surface area contributed by atoms with Crippen LogP contribution in [0.3, 0.4) is 0 Å². The topological polar surface area (TPSA) is 54.0 Å². The summed E-state index contributed by atoms with van der Waals surface area (Å²) in [6.45, 7) is 2.01. The number of nitrogens with one attached hydrogen (secondary N) is 2. The fourth-order valence-electron chi connectivity index (χ4n) is 1.36. The summed E-state index contributed by atoms with van der Waals surface area (Å²) in [6.07, 6.45) is 3.03. The number of hydrogen-bond acceptors (Lipinski definition) is 4. The Labute approximate surface area is 107 Å². The standard InChI is InChI=1S/C12H19N3OS/c1-9(7-8-17-3)14-12(16)10-5-4-6-11(13-2)15-10/h4-6,9H,7-8H2,1-3H3,(H,13,15)(H,14,16). The van der Waals surface area contributed by atoms with Crippen molar-refractivity contribution in [3.05, 3.63) is 23.9 Å². The van der Waals surface area contributed by atoms with Crippen molar-refractivity contribution < 1.29 is 4.79 Å². The number of pyridine rings is 1. The lowest BCUT2D eigenvalue weighted by Crippen LogP contribution is -2.33. The Morgan fingerprint density at radius 2 is 2.29 bits per heavy atom. The SMILES string of the molecule is CNc1cccc(C(=O)NC(C)CCSC)n1. The Kier molecular flexibility index (Phi) is 5.83. The van der Waals surface area contributed by atoms with Crippen LogP contribution in [-0.4, -0.2) is 36.0 Å². The summed E-state index contributed by atoms with van der Waals surface area (Å²) < 4.78 is 0. The van der Waals surface area contributed by atoms with Crippen LogP contribution < -0.4 is 10.6 Å². The number of hydrogen-bond donors (Lipinski definition) is 2. The third-order valence-electron chi connectivity index (χ3n) is 2.37. The Balaban J connectivity index is 2.56. The number of anilines is 1. The minimum absolute atomic E-state index is 0.115. The van der Waals surface area contributed by atoms with Crippen molar-refractivity contribution in [2.24, 2.45) is 0 Å². The van der Waals surface area contributed by atoms with Gasteiger partial charge < -0.3 is 10.6 Å². The van der Waals surface area contributed by atoms with Crippen LogP contribution in [0, 0.1) is 0 Å². The fraction of sp³-hybridized carbons (Fsp3) is 0.500. The van der Waals surface area contributed by atoms with Crippen molar-refractivity contribution in [1.29, 1.82) is 0 Å². The first kappa shape index (κ1) is 13.8. The molecule has 0 aliphatic heterocycles. The molecule has 94 valence electrons. The van der Waals surface area contributed by atoms with Gasteiger partial charge in [0.05, 0.1) is 0 Å². The maximum Gasteiger partial charge on any atom is 0.270 e. The third kappa shape index (κ3) is 4.65. The molecule has 1 unspecified atom stereocenters. The summed E-state index contributed by atoms with van der Waals surface area (Å²) in [6, 6.07) is 5.54. The maximum absolute atomic E-state index is 11.9. The third-order valence-corrected chi connectivity index (χ3v) is 3.01. The van der Waals surface area contributed by atoms with Gasteiger partial charge in [0.25, 0.3) is 5.91 Å². The van der Waals surface area contributed by atoms with E-state index in [-0.39, 0.29) is 11.9 Å². The van der Waals surface area contributed by atoms with Crippen LogP contribution in [0.4, 0.5) is 5.82 Å². The van der Waals surface area contributed by atoms with E-state index < -0.39 is 0 Å². The van der Waals surface area contributed by atoms with Crippen LogP contribution in [0.1, 0.15) is 23.8 Å². The van der Waals surface area contributed by atoms with Gasteiger partial charge in [-0.25, -0.2) is 4.98 Å². The Morgan fingerprint density at radius 3 is 2.94 bits per heavy atom. The van der Waals surface area contributed by atoms with Crippen molar-refractivity contribution in [3.8, 4) is 0 Å². The summed E-state index contributed by atoms with van der Waals surface area (Å²) in [5, 5.41) is 5.86. The first-order valence-electron chi connectivity index (χ1n) is 5.62. The monoisotopic (exact) mass is 253 g/mol. The average Bonchev–Trinajstić information content (AvgIpc) is 2.36. The van der Waals surface area contributed by atoms with Gasteiger partial charge in [0.2, 0.25) is 0 Å². The molecule has 0 spiro atoms. The molecule has 0 radical (unpaired) electrons. The van der Waals surface area contributed by atoms with Gasteiger partial charge in [-0.05, 0) is 37.5 Å². The van der Waals surface area contributed by atoms with Gasteiger partial charge >= 0.3 is 0 Å². The van der Waals surface area contributed by atoms with E-state index in [1.807, 2.05) is 19.1 Å². The number of amides is 1. The second-order valence-electron chi connectivity index (χ2n) is 3.81. The Hall–Kier alpha value is -1.23. The molecule has 0 fully saturated rings. The summed E-state index contributed by atoms with van der Waals surface area (Å²) in [7, 11) is 1.78. The second-order valence-corrected chi connectivity index (χ2v) is 4.80. The number of aromatic nitrogens is 1. The predicted octanol–water partition coefficient (Wildman–Crippen LogP) is 1.99. The molecule has 1 rings (SSSR count). The van der Waals surface area contributed by atoms with E-state index in [2.05, 4.69) is 21.9 Å². The number of thioether (sulfide) groups is 1. The van der Waals surface area contributed by atoms with Gasteiger partial charge in [-0.15, -0.1) is 0 Å². The number of rotatable bonds is 6. The summed E-state index contributed by atoms with van der Waals surface area (Å²) >= 11 is 1.78. The van der Waals surface area contributed by atoms with Crippen LogP contribution >= 0.6 is 11.8 Å². The lowest BCUT2D eigenvalue weighted by molar-refractivity contribution is 0.0934. The molecule has 0 aliphatic carbocycles. The van der Waals surface area contributed by atoms with E-state index in [4.69, 9.17) is 0 Å². The summed E-state index contributed by atoms with van der Waals surface area (Å²) in [4.78, 5) is 16.1. The highest BCUT2D eigenvalue weighted by atomic mass is 32.2. The number of nitrogens with zero attached hydrogens (tertiary/aromatic N) is 1. The average molecular weight is 253 g/mol. The molecular weight excluding hydrogens is 234 g/mol. The van der Waals surface area contributed by atoms with Crippen LogP contribution in [0.15, 0.2) is 18.2 Å². The molecule has 1 amide bonds. The zero-order chi connectivity index (χ0) is 12.7. The molecule has 4 nitrogen and oxygen atoms in total. The molecule has 0 aliphatic rings. The van der Waals surface area contributed by atoms with Gasteiger partial charge in [0.15, 0.2) is 0 Å². The maximum atomic E-state index is 11.9. The van der Waals surface area contributed by atoms with Gasteiger partial charge in [-0.2, -0.15) is 11.8 Å². The van der Waals surface area contributed by atoms with Crippen molar-refractivity contribution in [1.82, 2.24) is 10.3 Å². The molecule has 2 N–H and O–H groups in total. The lowest BCUT2D eigenvalue weighted by atomic mass is 10.2. The largest absolute Gasteiger partial charge is 0.373 e. The highest BCUT2D eigenvalue weighted by Crippen LogP contribution is 2.05. The van der Waals surface area contributed by atoms with Crippen LogP contribution in [-0.2, 0) is 0 Å². The van der Waals surface area contributed by atoms with Crippen LogP contribution in [0.25, 0.3) is 0 Å². The quantitative estimate of drug-likeness (QED) is 0.814. The molecule has 1 aromatic heterocycles. The van der Waals surface area contributed by atoms with Crippen molar-refractivity contribution in [2.45, 2.75) is 19.4 Å². The first-order chi connectivity index (χ1) is 8.17. The molecule has 17 heavy (non-hydrogen) atoms. The minimum Gasteiger partial charge on any atom is -0.373 e. The smallest absolute Gasteiger partial charge is 0.270 e. The molecule has 0 saturated heterocycles. The second kappa shape index (κ2) is 7.17. The van der Waals surface area contributed by atoms with Crippen molar-refractivity contribution in [3.63, 3.8) is 0 Å². The molecule has 1 heterocycles. The van der Waals surface area contributed by atoms with E-state index >= 15 is 0 Å².